The zero-order chi connectivity index (χ0) is 23.7. The fraction of sp³-hybridized carbons (Fsp3) is 0.320. The second kappa shape index (κ2) is 11.9. The SMILES string of the molecule is CCCCl.Cc1c(Cl)cc(C(C)(C)c2ccc(OCc3nc(C#N)cs3)cc2)cc1C#N. The zero-order valence-corrected chi connectivity index (χ0v) is 20.9. The lowest BCUT2D eigenvalue weighted by atomic mass is 9.77. The Hall–Kier alpha value is -2.57. The van der Waals surface area contributed by atoms with Crippen LogP contribution in [-0.4, -0.2) is 10.9 Å². The van der Waals surface area contributed by atoms with E-state index in [1.54, 1.807) is 5.38 Å². The highest BCUT2D eigenvalue weighted by Gasteiger charge is 2.25. The Balaban J connectivity index is 0.000000837. The fourth-order valence-corrected chi connectivity index (χ4v) is 3.71. The molecule has 0 unspecified atom stereocenters. The van der Waals surface area contributed by atoms with E-state index in [9.17, 15) is 5.26 Å². The molecule has 0 fully saturated rings. The number of alkyl halides is 1. The molecule has 3 aromatic rings. The molecule has 0 aliphatic carbocycles. The van der Waals surface area contributed by atoms with Crippen molar-refractivity contribution in [1.29, 1.82) is 10.5 Å². The summed E-state index contributed by atoms with van der Waals surface area (Å²) in [6, 6.07) is 15.9. The minimum Gasteiger partial charge on any atom is -0.486 e. The molecule has 3 rings (SSSR count). The van der Waals surface area contributed by atoms with E-state index < -0.39 is 0 Å². The molecule has 1 heterocycles. The van der Waals surface area contributed by atoms with Crippen LogP contribution in [-0.2, 0) is 12.0 Å². The maximum Gasteiger partial charge on any atom is 0.151 e. The maximum atomic E-state index is 9.36. The number of hydrogen-bond donors (Lipinski definition) is 0. The van der Waals surface area contributed by atoms with Crippen molar-refractivity contribution in [2.45, 2.75) is 46.1 Å². The molecule has 7 heteroatoms. The summed E-state index contributed by atoms with van der Waals surface area (Å²) >= 11 is 12.9. The number of thiazole rings is 1. The van der Waals surface area contributed by atoms with Crippen LogP contribution in [0.3, 0.4) is 0 Å². The van der Waals surface area contributed by atoms with E-state index in [1.165, 1.54) is 11.3 Å². The third kappa shape index (κ3) is 6.47. The van der Waals surface area contributed by atoms with Crippen LogP contribution in [0.2, 0.25) is 5.02 Å². The highest BCUT2D eigenvalue weighted by atomic mass is 35.5. The molecule has 32 heavy (non-hydrogen) atoms. The van der Waals surface area contributed by atoms with E-state index in [1.807, 2.05) is 56.3 Å². The number of benzene rings is 2. The number of ether oxygens (including phenoxy) is 1. The molecule has 1 aromatic heterocycles. The van der Waals surface area contributed by atoms with Gasteiger partial charge in [-0.1, -0.05) is 44.5 Å². The Morgan fingerprint density at radius 2 is 1.75 bits per heavy atom. The number of nitrogens with zero attached hydrogens (tertiary/aromatic N) is 3. The van der Waals surface area contributed by atoms with Gasteiger partial charge in [0.1, 0.15) is 23.4 Å². The van der Waals surface area contributed by atoms with Crippen LogP contribution in [0.15, 0.2) is 41.8 Å². The third-order valence-corrected chi connectivity index (χ3v) is 6.57. The summed E-state index contributed by atoms with van der Waals surface area (Å²) in [5, 5.41) is 21.3. The minimum atomic E-state index is -0.321. The molecule has 4 nitrogen and oxygen atoms in total. The molecule has 0 spiro atoms. The first kappa shape index (κ1) is 25.7. The lowest BCUT2D eigenvalue weighted by molar-refractivity contribution is 0.305. The fourth-order valence-electron chi connectivity index (χ4n) is 2.86. The topological polar surface area (TPSA) is 69.7 Å². The van der Waals surface area contributed by atoms with Gasteiger partial charge in [-0.15, -0.1) is 22.9 Å². The largest absolute Gasteiger partial charge is 0.486 e. The van der Waals surface area contributed by atoms with Gasteiger partial charge in [-0.3, -0.25) is 0 Å². The molecular formula is C25H25Cl2N3OS. The Labute approximate surface area is 204 Å². The molecule has 0 amide bonds. The van der Waals surface area contributed by atoms with Gasteiger partial charge in [0.2, 0.25) is 0 Å². The number of aromatic nitrogens is 1. The zero-order valence-electron chi connectivity index (χ0n) is 18.6. The molecule has 0 aliphatic rings. The van der Waals surface area contributed by atoms with Crippen LogP contribution in [0, 0.1) is 29.6 Å². The molecule has 2 aromatic carbocycles. The van der Waals surface area contributed by atoms with Gasteiger partial charge in [-0.25, -0.2) is 4.98 Å². The second-order valence-corrected chi connectivity index (χ2v) is 9.34. The quantitative estimate of drug-likeness (QED) is 0.341. The van der Waals surface area contributed by atoms with Crippen LogP contribution in [0.4, 0.5) is 0 Å². The normalized spacial score (nSPS) is 10.5. The molecular weight excluding hydrogens is 461 g/mol. The van der Waals surface area contributed by atoms with Gasteiger partial charge in [0.15, 0.2) is 5.69 Å². The average Bonchev–Trinajstić information content (AvgIpc) is 3.28. The summed E-state index contributed by atoms with van der Waals surface area (Å²) in [6.45, 7) is 8.43. The standard InChI is InChI=1S/C22H18ClN3OS.C3H7Cl/c1-14-15(10-24)8-17(9-20(14)23)22(2,3)16-4-6-19(7-5-16)27-12-21-26-18(11-25)13-28-21;1-2-3-4/h4-9,13H,12H2,1-3H3;2-3H2,1H3. The average molecular weight is 486 g/mol. The maximum absolute atomic E-state index is 9.36. The van der Waals surface area contributed by atoms with Gasteiger partial charge in [0, 0.05) is 21.7 Å². The predicted molar refractivity (Wildman–Crippen MR) is 132 cm³/mol. The van der Waals surface area contributed by atoms with Gasteiger partial charge in [0.25, 0.3) is 0 Å². The van der Waals surface area contributed by atoms with Gasteiger partial charge in [-0.2, -0.15) is 10.5 Å². The van der Waals surface area contributed by atoms with Gasteiger partial charge < -0.3 is 4.74 Å². The molecule has 0 saturated carbocycles. The van der Waals surface area contributed by atoms with E-state index >= 15 is 0 Å². The Kier molecular flexibility index (Phi) is 9.54. The smallest absolute Gasteiger partial charge is 0.151 e. The second-order valence-electron chi connectivity index (χ2n) is 7.61. The van der Waals surface area contributed by atoms with Crippen molar-refractivity contribution in [3.05, 3.63) is 79.8 Å². The van der Waals surface area contributed by atoms with Crippen LogP contribution < -0.4 is 4.74 Å². The molecule has 0 aliphatic heterocycles. The third-order valence-electron chi connectivity index (χ3n) is 4.98. The summed E-state index contributed by atoms with van der Waals surface area (Å²) in [7, 11) is 0. The van der Waals surface area contributed by atoms with E-state index in [4.69, 9.17) is 33.2 Å². The highest BCUT2D eigenvalue weighted by Crippen LogP contribution is 2.35. The van der Waals surface area contributed by atoms with Crippen molar-refractivity contribution in [3.8, 4) is 17.9 Å². The Bertz CT molecular complexity index is 1120. The lowest BCUT2D eigenvalue weighted by Crippen LogP contribution is -2.19. The summed E-state index contributed by atoms with van der Waals surface area (Å²) in [5.41, 5.74) is 3.56. The first-order valence-electron chi connectivity index (χ1n) is 10.1. The summed E-state index contributed by atoms with van der Waals surface area (Å²) in [4.78, 5) is 4.17. The Morgan fingerprint density at radius 3 is 2.28 bits per heavy atom. The molecule has 0 atom stereocenters. The van der Waals surface area contributed by atoms with Crippen LogP contribution in [0.25, 0.3) is 0 Å². The van der Waals surface area contributed by atoms with E-state index in [0.29, 0.717) is 22.9 Å². The Morgan fingerprint density at radius 1 is 1.09 bits per heavy atom. The van der Waals surface area contributed by atoms with Crippen molar-refractivity contribution >= 4 is 34.5 Å². The van der Waals surface area contributed by atoms with E-state index in [-0.39, 0.29) is 5.41 Å². The van der Waals surface area contributed by atoms with E-state index in [0.717, 1.165) is 39.7 Å². The van der Waals surface area contributed by atoms with Crippen molar-refractivity contribution in [3.63, 3.8) is 0 Å². The van der Waals surface area contributed by atoms with Crippen LogP contribution in [0.5, 0.6) is 5.75 Å². The number of nitriles is 2. The number of halogens is 2. The first-order chi connectivity index (χ1) is 15.3. The van der Waals surface area contributed by atoms with Gasteiger partial charge >= 0.3 is 0 Å². The van der Waals surface area contributed by atoms with Gasteiger partial charge in [-0.05, 0) is 54.3 Å². The number of rotatable bonds is 6. The minimum absolute atomic E-state index is 0.321. The number of hydrogen-bond acceptors (Lipinski definition) is 5. The van der Waals surface area contributed by atoms with Crippen molar-refractivity contribution < 1.29 is 4.74 Å². The van der Waals surface area contributed by atoms with Crippen molar-refractivity contribution in [2.24, 2.45) is 0 Å². The highest BCUT2D eigenvalue weighted by molar-refractivity contribution is 7.09. The monoisotopic (exact) mass is 485 g/mol. The lowest BCUT2D eigenvalue weighted by Gasteiger charge is -2.27. The summed E-state index contributed by atoms with van der Waals surface area (Å²) in [6.07, 6.45) is 1.08. The van der Waals surface area contributed by atoms with Gasteiger partial charge in [0.05, 0.1) is 11.6 Å². The first-order valence-corrected chi connectivity index (χ1v) is 11.9. The van der Waals surface area contributed by atoms with Crippen LogP contribution >= 0.6 is 34.5 Å². The van der Waals surface area contributed by atoms with Crippen LogP contribution in [0.1, 0.15) is 60.1 Å². The summed E-state index contributed by atoms with van der Waals surface area (Å²) in [5.74, 6) is 1.52. The molecule has 0 bridgehead atoms. The van der Waals surface area contributed by atoms with Crippen molar-refractivity contribution in [2.75, 3.05) is 5.88 Å². The molecule has 0 radical (unpaired) electrons. The molecule has 0 N–H and O–H groups in total. The van der Waals surface area contributed by atoms with E-state index in [2.05, 4.69) is 24.9 Å². The van der Waals surface area contributed by atoms with Crippen molar-refractivity contribution in [1.82, 2.24) is 4.98 Å². The molecule has 166 valence electrons. The molecule has 0 saturated heterocycles. The summed E-state index contributed by atoms with van der Waals surface area (Å²) < 4.78 is 5.77. The predicted octanol–water partition coefficient (Wildman–Crippen LogP) is 7.39.